The lowest BCUT2D eigenvalue weighted by molar-refractivity contribution is -0.165. The van der Waals surface area contributed by atoms with Gasteiger partial charge in [0.05, 0.1) is 13.2 Å². The molecule has 1 unspecified atom stereocenters. The summed E-state index contributed by atoms with van der Waals surface area (Å²) < 4.78 is 32.1. The molecule has 36 heavy (non-hydrogen) atoms. The molecule has 3 rings (SSSR count). The number of rotatable bonds is 7. The lowest BCUT2D eigenvalue weighted by Crippen LogP contribution is -2.70. The van der Waals surface area contributed by atoms with Gasteiger partial charge < -0.3 is 15.2 Å². The fourth-order valence-corrected chi connectivity index (χ4v) is 3.60. The highest BCUT2D eigenvalue weighted by atomic mass is 19.3. The lowest BCUT2D eigenvalue weighted by Gasteiger charge is -2.40. The molecule has 2 aromatic carbocycles. The molecule has 0 bridgehead atoms. The molecule has 2 amide bonds. The summed E-state index contributed by atoms with van der Waals surface area (Å²) in [4.78, 5) is 27.0. The van der Waals surface area contributed by atoms with Crippen LogP contribution in [0.3, 0.4) is 0 Å². The van der Waals surface area contributed by atoms with Gasteiger partial charge in [-0.1, -0.05) is 24.0 Å². The number of benzene rings is 2. The number of hydrogen-bond acceptors (Lipinski definition) is 6. The van der Waals surface area contributed by atoms with Gasteiger partial charge in [0.1, 0.15) is 0 Å². The molecule has 1 fully saturated rings. The number of halogens is 2. The van der Waals surface area contributed by atoms with Gasteiger partial charge >= 0.3 is 0 Å². The van der Waals surface area contributed by atoms with E-state index in [9.17, 15) is 23.5 Å². The lowest BCUT2D eigenvalue weighted by atomic mass is 9.81. The van der Waals surface area contributed by atoms with Crippen molar-refractivity contribution in [3.63, 3.8) is 0 Å². The van der Waals surface area contributed by atoms with E-state index in [1.54, 1.807) is 12.1 Å². The second-order valence-electron chi connectivity index (χ2n) is 8.88. The Labute approximate surface area is 208 Å². The Kier molecular flexibility index (Phi) is 8.76. The van der Waals surface area contributed by atoms with Gasteiger partial charge in [-0.05, 0) is 55.8 Å². The predicted octanol–water partition coefficient (Wildman–Crippen LogP) is 1.93. The largest absolute Gasteiger partial charge is 0.381 e. The second kappa shape index (κ2) is 11.6. The molecule has 1 saturated heterocycles. The molecule has 8 nitrogen and oxygen atoms in total. The van der Waals surface area contributed by atoms with E-state index in [0.717, 1.165) is 45.3 Å². The first-order valence-electron chi connectivity index (χ1n) is 11.4. The number of hydrogen-bond donors (Lipinski definition) is 4. The van der Waals surface area contributed by atoms with E-state index < -0.39 is 29.4 Å². The summed E-state index contributed by atoms with van der Waals surface area (Å²) in [5.74, 6) is 3.77. The van der Waals surface area contributed by atoms with Crippen molar-refractivity contribution in [3.8, 4) is 11.8 Å². The third kappa shape index (κ3) is 6.25. The minimum absolute atomic E-state index is 0.0510. The highest BCUT2D eigenvalue weighted by molar-refractivity contribution is 5.99. The quantitative estimate of drug-likeness (QED) is 0.262. The number of nitrogens with one attached hydrogen (secondary N) is 2. The molecule has 0 aliphatic carbocycles. The zero-order valence-corrected chi connectivity index (χ0v) is 20.1. The topological polar surface area (TPSA) is 111 Å². The number of carbonyl (C=O) groups is 2. The normalized spacial score (nSPS) is 17.3. The number of alkyl halides is 2. The van der Waals surface area contributed by atoms with Crippen LogP contribution < -0.4 is 10.8 Å². The first kappa shape index (κ1) is 27.2. The number of morpholine rings is 1. The Morgan fingerprint density at radius 3 is 2.06 bits per heavy atom. The monoisotopic (exact) mass is 501 g/mol. The van der Waals surface area contributed by atoms with Gasteiger partial charge in [-0.2, -0.15) is 0 Å². The minimum Gasteiger partial charge on any atom is -0.381 e. The van der Waals surface area contributed by atoms with E-state index in [1.807, 2.05) is 24.3 Å². The molecular formula is C26H29F2N3O5. The summed E-state index contributed by atoms with van der Waals surface area (Å²) >= 11 is 0. The van der Waals surface area contributed by atoms with Crippen molar-refractivity contribution < 1.29 is 33.4 Å². The van der Waals surface area contributed by atoms with E-state index in [2.05, 4.69) is 22.1 Å². The van der Waals surface area contributed by atoms with Crippen molar-refractivity contribution in [2.45, 2.75) is 38.0 Å². The molecule has 10 heteroatoms. The molecule has 0 saturated carbocycles. The maximum Gasteiger partial charge on any atom is 0.272 e. The first-order valence-corrected chi connectivity index (χ1v) is 11.4. The van der Waals surface area contributed by atoms with Gasteiger partial charge in [-0.25, -0.2) is 14.3 Å². The summed E-state index contributed by atoms with van der Waals surface area (Å²) in [5.41, 5.74) is -1.59. The van der Waals surface area contributed by atoms with Crippen molar-refractivity contribution in [3.05, 3.63) is 70.8 Å². The fraction of sp³-hybridized carbons (Fsp3) is 0.385. The number of aliphatic hydroxyl groups is 1. The van der Waals surface area contributed by atoms with Crippen LogP contribution in [0.2, 0.25) is 0 Å². The Morgan fingerprint density at radius 1 is 1.03 bits per heavy atom. The molecule has 0 aromatic heterocycles. The summed E-state index contributed by atoms with van der Waals surface area (Å²) in [5, 5.41) is 21.2. The van der Waals surface area contributed by atoms with Crippen LogP contribution in [0.5, 0.6) is 0 Å². The molecule has 1 aliphatic heterocycles. The minimum atomic E-state index is -3.38. The maximum atomic E-state index is 13.4. The Morgan fingerprint density at radius 2 is 1.56 bits per heavy atom. The van der Waals surface area contributed by atoms with Gasteiger partial charge in [0.2, 0.25) is 0 Å². The Bertz CT molecular complexity index is 1120. The Hall–Kier alpha value is -3.36. The zero-order chi connectivity index (χ0) is 26.3. The number of amides is 2. The van der Waals surface area contributed by atoms with Crippen LogP contribution in [0.15, 0.2) is 48.5 Å². The predicted molar refractivity (Wildman–Crippen MR) is 127 cm³/mol. The molecule has 0 spiro atoms. The maximum absolute atomic E-state index is 13.4. The number of hydroxylamine groups is 1. The van der Waals surface area contributed by atoms with Crippen molar-refractivity contribution >= 4 is 11.8 Å². The highest BCUT2D eigenvalue weighted by Crippen LogP contribution is 2.29. The molecule has 1 aliphatic rings. The van der Waals surface area contributed by atoms with Crippen LogP contribution in [0.25, 0.3) is 0 Å². The first-order chi connectivity index (χ1) is 17.1. The van der Waals surface area contributed by atoms with E-state index in [1.165, 1.54) is 23.2 Å². The number of ether oxygens (including phenoxy) is 1. The van der Waals surface area contributed by atoms with E-state index >= 15 is 0 Å². The van der Waals surface area contributed by atoms with Gasteiger partial charge in [-0.3, -0.25) is 19.7 Å². The smallest absolute Gasteiger partial charge is 0.272 e. The molecule has 4 N–H and O–H groups in total. The van der Waals surface area contributed by atoms with Crippen LogP contribution in [-0.2, 0) is 16.1 Å². The van der Waals surface area contributed by atoms with Crippen molar-refractivity contribution in [2.75, 3.05) is 26.3 Å². The van der Waals surface area contributed by atoms with Gasteiger partial charge in [0.15, 0.2) is 11.1 Å². The highest BCUT2D eigenvalue weighted by Gasteiger charge is 2.56. The SMILES string of the molecule is CC(NC(=O)c1ccc(C#Cc2ccc(CN3CCOCC3)cc2)cc1)(C(=O)NO)[C@](C)(O)C(F)F. The number of nitrogens with zero attached hydrogens (tertiary/aromatic N) is 1. The van der Waals surface area contributed by atoms with Crippen LogP contribution in [0.4, 0.5) is 8.78 Å². The summed E-state index contributed by atoms with van der Waals surface area (Å²) in [6.07, 6.45) is -3.38. The zero-order valence-electron chi connectivity index (χ0n) is 20.1. The standard InChI is InChI=1S/C26H29F2N3O5/c1-25(24(33)30-35,26(2,34)23(27)28)29-22(32)21-11-9-19(10-12-21)4-3-18-5-7-20(8-6-18)17-31-13-15-36-16-14-31/h5-12,23,34-35H,13-17H2,1-2H3,(H,29,32)(H,30,33)/t25?,26-/m1/s1. The third-order valence-corrected chi connectivity index (χ3v) is 6.32. The van der Waals surface area contributed by atoms with E-state index in [4.69, 9.17) is 9.94 Å². The number of carbonyl (C=O) groups excluding carboxylic acids is 2. The summed E-state index contributed by atoms with van der Waals surface area (Å²) in [6.45, 7) is 5.77. The Balaban J connectivity index is 1.66. The third-order valence-electron chi connectivity index (χ3n) is 6.32. The summed E-state index contributed by atoms with van der Waals surface area (Å²) in [6, 6.07) is 13.9. The average molecular weight is 502 g/mol. The fourth-order valence-electron chi connectivity index (χ4n) is 3.60. The van der Waals surface area contributed by atoms with Crippen LogP contribution in [0, 0.1) is 11.8 Å². The van der Waals surface area contributed by atoms with Gasteiger partial charge in [-0.15, -0.1) is 0 Å². The van der Waals surface area contributed by atoms with Gasteiger partial charge in [0.25, 0.3) is 18.2 Å². The molecule has 2 atom stereocenters. The van der Waals surface area contributed by atoms with E-state index in [0.29, 0.717) is 12.5 Å². The molecular weight excluding hydrogens is 472 g/mol. The van der Waals surface area contributed by atoms with Crippen LogP contribution in [0.1, 0.15) is 40.9 Å². The van der Waals surface area contributed by atoms with E-state index in [-0.39, 0.29) is 5.56 Å². The van der Waals surface area contributed by atoms with Crippen molar-refractivity contribution in [1.29, 1.82) is 0 Å². The summed E-state index contributed by atoms with van der Waals surface area (Å²) in [7, 11) is 0. The molecule has 0 radical (unpaired) electrons. The molecule has 192 valence electrons. The van der Waals surface area contributed by atoms with Crippen LogP contribution >= 0.6 is 0 Å². The van der Waals surface area contributed by atoms with Crippen molar-refractivity contribution in [2.24, 2.45) is 0 Å². The second-order valence-corrected chi connectivity index (χ2v) is 8.88. The van der Waals surface area contributed by atoms with Crippen molar-refractivity contribution in [1.82, 2.24) is 15.7 Å². The molecule has 1 heterocycles. The average Bonchev–Trinajstić information content (AvgIpc) is 2.88. The molecule has 2 aromatic rings. The van der Waals surface area contributed by atoms with Crippen LogP contribution in [-0.4, -0.2) is 70.9 Å². The van der Waals surface area contributed by atoms with Gasteiger partial charge in [0, 0.05) is 36.3 Å².